The summed E-state index contributed by atoms with van der Waals surface area (Å²) in [7, 11) is 0. The van der Waals surface area contributed by atoms with Gasteiger partial charge in [0.25, 0.3) is 0 Å². The van der Waals surface area contributed by atoms with Crippen molar-refractivity contribution in [2.45, 2.75) is 19.4 Å². The van der Waals surface area contributed by atoms with Crippen LogP contribution in [0.2, 0.25) is 0 Å². The first-order valence-electron chi connectivity index (χ1n) is 9.63. The van der Waals surface area contributed by atoms with E-state index >= 15 is 0 Å². The van der Waals surface area contributed by atoms with Gasteiger partial charge in [0, 0.05) is 35.9 Å². The molecule has 2 aromatic carbocycles. The maximum Gasteiger partial charge on any atom is 0.220 e. The summed E-state index contributed by atoms with van der Waals surface area (Å²) in [6.45, 7) is 0.444. The van der Waals surface area contributed by atoms with Crippen LogP contribution in [-0.4, -0.2) is 16.7 Å². The van der Waals surface area contributed by atoms with Gasteiger partial charge >= 0.3 is 0 Å². The number of aromatic nitrogens is 1. The minimum absolute atomic E-state index is 0.0165. The lowest BCUT2D eigenvalue weighted by atomic mass is 10.1. The van der Waals surface area contributed by atoms with Crippen LogP contribution >= 0.6 is 22.7 Å². The van der Waals surface area contributed by atoms with Gasteiger partial charge in [-0.3, -0.25) is 9.59 Å². The van der Waals surface area contributed by atoms with Crippen LogP contribution in [0.4, 0.5) is 0 Å². The summed E-state index contributed by atoms with van der Waals surface area (Å²) in [5, 5.41) is 7.78. The molecule has 0 aliphatic heterocycles. The van der Waals surface area contributed by atoms with Crippen LogP contribution < -0.4 is 5.32 Å². The highest BCUT2D eigenvalue weighted by molar-refractivity contribution is 7.13. The van der Waals surface area contributed by atoms with E-state index in [4.69, 9.17) is 4.98 Å². The van der Waals surface area contributed by atoms with Gasteiger partial charge in [-0.25, -0.2) is 4.98 Å². The Morgan fingerprint density at radius 2 is 1.63 bits per heavy atom. The van der Waals surface area contributed by atoms with Gasteiger partial charge in [-0.1, -0.05) is 60.7 Å². The molecule has 2 aromatic heterocycles. The summed E-state index contributed by atoms with van der Waals surface area (Å²) in [5.74, 6) is -0.0979. The first kappa shape index (κ1) is 20.2. The fourth-order valence-corrected chi connectivity index (χ4v) is 4.52. The van der Waals surface area contributed by atoms with Crippen molar-refractivity contribution in [2.75, 3.05) is 0 Å². The molecule has 4 rings (SSSR count). The van der Waals surface area contributed by atoms with E-state index in [1.54, 1.807) is 17.4 Å². The minimum Gasteiger partial charge on any atom is -0.352 e. The highest BCUT2D eigenvalue weighted by atomic mass is 32.1. The van der Waals surface area contributed by atoms with Crippen molar-refractivity contribution in [3.05, 3.63) is 87.9 Å². The second-order valence-electron chi connectivity index (χ2n) is 6.78. The molecule has 0 unspecified atom stereocenters. The van der Waals surface area contributed by atoms with Gasteiger partial charge in [0.15, 0.2) is 5.78 Å². The highest BCUT2D eigenvalue weighted by Crippen LogP contribution is 2.28. The molecule has 4 aromatic rings. The molecule has 6 heteroatoms. The Morgan fingerprint density at radius 1 is 0.833 bits per heavy atom. The van der Waals surface area contributed by atoms with Crippen molar-refractivity contribution in [1.82, 2.24) is 10.3 Å². The van der Waals surface area contributed by atoms with Crippen molar-refractivity contribution in [3.8, 4) is 21.8 Å². The average Bonchev–Trinajstić information content (AvgIpc) is 3.50. The predicted molar refractivity (Wildman–Crippen MR) is 123 cm³/mol. The molecule has 0 radical (unpaired) electrons. The maximum absolute atomic E-state index is 12.0. The van der Waals surface area contributed by atoms with E-state index < -0.39 is 0 Å². The third-order valence-corrected chi connectivity index (χ3v) is 6.44. The number of nitrogens with zero attached hydrogens (tertiary/aromatic N) is 1. The van der Waals surface area contributed by atoms with E-state index in [1.165, 1.54) is 11.3 Å². The van der Waals surface area contributed by atoms with Crippen LogP contribution in [0.25, 0.3) is 21.8 Å². The van der Waals surface area contributed by atoms with Crippen LogP contribution in [0.5, 0.6) is 0 Å². The van der Waals surface area contributed by atoms with Crippen molar-refractivity contribution in [3.63, 3.8) is 0 Å². The number of hydrogen-bond donors (Lipinski definition) is 1. The largest absolute Gasteiger partial charge is 0.352 e. The number of thiazole rings is 1. The Balaban J connectivity index is 1.29. The first-order chi connectivity index (χ1) is 14.7. The molecule has 0 atom stereocenters. The van der Waals surface area contributed by atoms with E-state index in [0.29, 0.717) is 11.4 Å². The zero-order valence-corrected chi connectivity index (χ0v) is 17.8. The third-order valence-electron chi connectivity index (χ3n) is 4.64. The molecule has 1 N–H and O–H groups in total. The normalized spacial score (nSPS) is 10.7. The summed E-state index contributed by atoms with van der Waals surface area (Å²) in [5.41, 5.74) is 4.15. The Morgan fingerprint density at radius 3 is 2.37 bits per heavy atom. The zero-order valence-electron chi connectivity index (χ0n) is 16.2. The number of carbonyl (C=O) groups is 2. The molecule has 0 aliphatic carbocycles. The summed E-state index contributed by atoms with van der Waals surface area (Å²) >= 11 is 3.02. The number of thiophene rings is 1. The smallest absolute Gasteiger partial charge is 0.220 e. The lowest BCUT2D eigenvalue weighted by Crippen LogP contribution is -2.23. The molecule has 4 nitrogen and oxygen atoms in total. The van der Waals surface area contributed by atoms with Crippen LogP contribution in [0.15, 0.2) is 77.5 Å². The fourth-order valence-electron chi connectivity index (χ4n) is 2.99. The van der Waals surface area contributed by atoms with Gasteiger partial charge < -0.3 is 5.32 Å². The highest BCUT2D eigenvalue weighted by Gasteiger charge is 2.10. The Labute approximate surface area is 183 Å². The van der Waals surface area contributed by atoms with Gasteiger partial charge in [0.2, 0.25) is 5.91 Å². The molecule has 2 heterocycles. The van der Waals surface area contributed by atoms with Gasteiger partial charge in [0.1, 0.15) is 5.01 Å². The zero-order chi connectivity index (χ0) is 20.8. The molecule has 1 amide bonds. The Bertz CT molecular complexity index is 1120. The van der Waals surface area contributed by atoms with Crippen LogP contribution in [-0.2, 0) is 11.3 Å². The van der Waals surface area contributed by atoms with E-state index in [2.05, 4.69) is 22.8 Å². The summed E-state index contributed by atoms with van der Waals surface area (Å²) in [4.78, 5) is 29.5. The molecular formula is C24H20N2O2S2. The second kappa shape index (κ2) is 9.61. The van der Waals surface area contributed by atoms with E-state index in [0.717, 1.165) is 27.4 Å². The summed E-state index contributed by atoms with van der Waals surface area (Å²) < 4.78 is 0. The number of rotatable bonds is 8. The minimum atomic E-state index is -0.114. The van der Waals surface area contributed by atoms with Crippen molar-refractivity contribution in [2.24, 2.45) is 0 Å². The lowest BCUT2D eigenvalue weighted by molar-refractivity contribution is -0.121. The Hall–Kier alpha value is -3.09. The number of hydrogen-bond acceptors (Lipinski definition) is 5. The number of benzene rings is 2. The van der Waals surface area contributed by atoms with Gasteiger partial charge in [-0.05, 0) is 17.0 Å². The second-order valence-corrected chi connectivity index (χ2v) is 8.58. The molecule has 150 valence electrons. The number of carbonyl (C=O) groups excluding carboxylic acids is 2. The summed E-state index contributed by atoms with van der Waals surface area (Å²) in [6.07, 6.45) is 0.440. The molecule has 0 aliphatic rings. The van der Waals surface area contributed by atoms with E-state index in [-0.39, 0.29) is 24.5 Å². The van der Waals surface area contributed by atoms with Gasteiger partial charge in [-0.2, -0.15) is 0 Å². The van der Waals surface area contributed by atoms with Crippen LogP contribution in [0.3, 0.4) is 0 Å². The van der Waals surface area contributed by atoms with Crippen molar-refractivity contribution >= 4 is 34.4 Å². The lowest BCUT2D eigenvalue weighted by Gasteiger charge is -2.06. The fraction of sp³-hybridized carbons (Fsp3) is 0.125. The summed E-state index contributed by atoms with van der Waals surface area (Å²) in [6, 6.07) is 21.8. The van der Waals surface area contributed by atoms with Gasteiger partial charge in [0.05, 0.1) is 10.6 Å². The molecule has 0 saturated carbocycles. The first-order valence-corrected chi connectivity index (χ1v) is 11.4. The molecule has 30 heavy (non-hydrogen) atoms. The van der Waals surface area contributed by atoms with Gasteiger partial charge in [-0.15, -0.1) is 22.7 Å². The molecule has 0 saturated heterocycles. The number of nitrogens with one attached hydrogen (secondary N) is 1. The van der Waals surface area contributed by atoms with E-state index in [9.17, 15) is 9.59 Å². The molecular weight excluding hydrogens is 412 g/mol. The standard InChI is InChI=1S/C24H20N2O2S2/c27-21(22-7-4-14-29-22)12-13-23(28)25-15-17-8-10-19(11-9-17)24-26-20(16-30-24)18-5-2-1-3-6-18/h1-11,14,16H,12-13,15H2,(H,25,28). The van der Waals surface area contributed by atoms with Crippen molar-refractivity contribution < 1.29 is 9.59 Å². The Kier molecular flexibility index (Phi) is 6.47. The monoisotopic (exact) mass is 432 g/mol. The maximum atomic E-state index is 12.0. The van der Waals surface area contributed by atoms with E-state index in [1.807, 2.05) is 53.9 Å². The average molecular weight is 433 g/mol. The number of amides is 1. The molecule has 0 fully saturated rings. The van der Waals surface area contributed by atoms with Crippen LogP contribution in [0.1, 0.15) is 28.1 Å². The number of ketones is 1. The third kappa shape index (κ3) is 5.09. The molecule has 0 bridgehead atoms. The quantitative estimate of drug-likeness (QED) is 0.357. The topological polar surface area (TPSA) is 59.1 Å². The predicted octanol–water partition coefficient (Wildman–Crippen LogP) is 5.82. The SMILES string of the molecule is O=C(CCC(=O)c1cccs1)NCc1ccc(-c2nc(-c3ccccc3)cs2)cc1. The molecule has 0 spiro atoms. The van der Waals surface area contributed by atoms with Crippen molar-refractivity contribution in [1.29, 1.82) is 0 Å². The van der Waals surface area contributed by atoms with Crippen LogP contribution in [0, 0.1) is 0 Å². The number of Topliss-reactive ketones (excluding diaryl/α,β-unsaturated/α-hetero) is 1.